The average Bonchev–Trinajstić information content (AvgIpc) is 3.04. The second-order valence-electron chi connectivity index (χ2n) is 6.55. The lowest BCUT2D eigenvalue weighted by Gasteiger charge is -2.32. The second-order valence-corrected chi connectivity index (χ2v) is 8.69. The first-order valence-corrected chi connectivity index (χ1v) is 9.14. The summed E-state index contributed by atoms with van der Waals surface area (Å²) in [6.07, 6.45) is 0.486. The molecule has 2 saturated carbocycles. The van der Waals surface area contributed by atoms with E-state index in [9.17, 15) is 21.6 Å². The number of hydrogen-bond acceptors (Lipinski definition) is 3. The molecule has 7 heteroatoms. The standard InChI is InChI=1S/C13H22F3NO2S/c1-20(18,19)9-12(5-6-12)8-17-11-4-2-3-10(7-11)13(14,15)16/h10-11,17H,2-9H2,1H3/t10-,11+/m0/s1. The Morgan fingerprint density at radius 2 is 1.90 bits per heavy atom. The molecule has 20 heavy (non-hydrogen) atoms. The molecule has 0 aromatic rings. The minimum absolute atomic E-state index is 0.123. The molecular formula is C13H22F3NO2S. The maximum absolute atomic E-state index is 12.7. The molecule has 0 aromatic heterocycles. The quantitative estimate of drug-likeness (QED) is 0.848. The van der Waals surface area contributed by atoms with Crippen LogP contribution in [0.1, 0.15) is 38.5 Å². The second kappa shape index (κ2) is 5.48. The molecule has 0 spiro atoms. The van der Waals surface area contributed by atoms with E-state index in [1.165, 1.54) is 6.26 Å². The lowest BCUT2D eigenvalue weighted by molar-refractivity contribution is -0.183. The van der Waals surface area contributed by atoms with Crippen LogP contribution in [0.15, 0.2) is 0 Å². The SMILES string of the molecule is CS(=O)(=O)CC1(CN[C@@H]2CCC[C@H](C(F)(F)F)C2)CC1. The summed E-state index contributed by atoms with van der Waals surface area (Å²) in [4.78, 5) is 0. The number of halogens is 3. The zero-order valence-electron chi connectivity index (χ0n) is 11.7. The van der Waals surface area contributed by atoms with Gasteiger partial charge in [0.1, 0.15) is 9.84 Å². The monoisotopic (exact) mass is 313 g/mol. The van der Waals surface area contributed by atoms with E-state index in [2.05, 4.69) is 5.32 Å². The van der Waals surface area contributed by atoms with Crippen molar-refractivity contribution in [3.05, 3.63) is 0 Å². The molecule has 0 amide bonds. The van der Waals surface area contributed by atoms with Crippen LogP contribution in [0.2, 0.25) is 0 Å². The van der Waals surface area contributed by atoms with Crippen LogP contribution in [0.4, 0.5) is 13.2 Å². The number of alkyl halides is 3. The van der Waals surface area contributed by atoms with Gasteiger partial charge < -0.3 is 5.32 Å². The largest absolute Gasteiger partial charge is 0.391 e. The van der Waals surface area contributed by atoms with Gasteiger partial charge in [0, 0.05) is 18.8 Å². The average molecular weight is 313 g/mol. The van der Waals surface area contributed by atoms with E-state index < -0.39 is 21.9 Å². The summed E-state index contributed by atoms with van der Waals surface area (Å²) in [5.74, 6) is -1.07. The maximum atomic E-state index is 12.7. The molecule has 2 aliphatic carbocycles. The van der Waals surface area contributed by atoms with Gasteiger partial charge in [-0.25, -0.2) is 8.42 Å². The van der Waals surface area contributed by atoms with Crippen LogP contribution in [-0.2, 0) is 9.84 Å². The van der Waals surface area contributed by atoms with Crippen molar-refractivity contribution < 1.29 is 21.6 Å². The Morgan fingerprint density at radius 3 is 2.40 bits per heavy atom. The molecule has 0 aromatic carbocycles. The summed E-state index contributed by atoms with van der Waals surface area (Å²) >= 11 is 0. The van der Waals surface area contributed by atoms with E-state index >= 15 is 0 Å². The van der Waals surface area contributed by atoms with Crippen molar-refractivity contribution in [2.24, 2.45) is 11.3 Å². The third-order valence-corrected chi connectivity index (χ3v) is 5.57. The van der Waals surface area contributed by atoms with Crippen molar-refractivity contribution in [3.63, 3.8) is 0 Å². The van der Waals surface area contributed by atoms with Crippen LogP contribution in [-0.4, -0.2) is 39.2 Å². The van der Waals surface area contributed by atoms with Crippen molar-refractivity contribution in [2.45, 2.75) is 50.7 Å². The Morgan fingerprint density at radius 1 is 1.25 bits per heavy atom. The molecule has 0 unspecified atom stereocenters. The molecular weight excluding hydrogens is 291 g/mol. The van der Waals surface area contributed by atoms with Gasteiger partial charge in [-0.1, -0.05) is 6.42 Å². The van der Waals surface area contributed by atoms with Crippen LogP contribution >= 0.6 is 0 Å². The molecule has 2 fully saturated rings. The molecule has 0 aliphatic heterocycles. The van der Waals surface area contributed by atoms with Crippen LogP contribution in [0.25, 0.3) is 0 Å². The van der Waals surface area contributed by atoms with Crippen LogP contribution in [0, 0.1) is 11.3 Å². The lowest BCUT2D eigenvalue weighted by atomic mass is 9.85. The van der Waals surface area contributed by atoms with Gasteiger partial charge >= 0.3 is 6.18 Å². The van der Waals surface area contributed by atoms with Gasteiger partial charge in [-0.3, -0.25) is 0 Å². The number of nitrogens with one attached hydrogen (secondary N) is 1. The summed E-state index contributed by atoms with van der Waals surface area (Å²) in [6, 6.07) is -0.132. The van der Waals surface area contributed by atoms with E-state index in [4.69, 9.17) is 0 Å². The first kappa shape index (κ1) is 16.1. The summed E-state index contributed by atoms with van der Waals surface area (Å²) in [6.45, 7) is 0.523. The molecule has 3 nitrogen and oxygen atoms in total. The highest BCUT2D eigenvalue weighted by Gasteiger charge is 2.46. The van der Waals surface area contributed by atoms with E-state index in [-0.39, 0.29) is 30.1 Å². The summed E-state index contributed by atoms with van der Waals surface area (Å²) in [7, 11) is -3.03. The zero-order chi connectivity index (χ0) is 15.0. The molecule has 2 rings (SSSR count). The van der Waals surface area contributed by atoms with Gasteiger partial charge in [0.05, 0.1) is 11.7 Å². The van der Waals surface area contributed by atoms with Crippen molar-refractivity contribution in [1.29, 1.82) is 0 Å². The van der Waals surface area contributed by atoms with Gasteiger partial charge in [0.2, 0.25) is 0 Å². The van der Waals surface area contributed by atoms with Gasteiger partial charge in [-0.15, -0.1) is 0 Å². The molecule has 2 aliphatic rings. The minimum atomic E-state index is -4.11. The fraction of sp³-hybridized carbons (Fsp3) is 1.00. The summed E-state index contributed by atoms with van der Waals surface area (Å²) in [5.41, 5.74) is -0.223. The van der Waals surface area contributed by atoms with Crippen LogP contribution < -0.4 is 5.32 Å². The van der Waals surface area contributed by atoms with Gasteiger partial charge in [0.15, 0.2) is 0 Å². The van der Waals surface area contributed by atoms with Gasteiger partial charge in [0.25, 0.3) is 0 Å². The van der Waals surface area contributed by atoms with E-state index in [0.717, 1.165) is 19.3 Å². The number of sulfone groups is 1. The molecule has 0 saturated heterocycles. The molecule has 0 bridgehead atoms. The van der Waals surface area contributed by atoms with Crippen molar-refractivity contribution in [3.8, 4) is 0 Å². The van der Waals surface area contributed by atoms with Gasteiger partial charge in [-0.2, -0.15) is 13.2 Å². The fourth-order valence-corrected chi connectivity index (χ4v) is 4.64. The number of rotatable bonds is 5. The van der Waals surface area contributed by atoms with E-state index in [1.807, 2.05) is 0 Å². The minimum Gasteiger partial charge on any atom is -0.313 e. The molecule has 118 valence electrons. The highest BCUT2D eigenvalue weighted by molar-refractivity contribution is 7.90. The molecule has 2 atom stereocenters. The first-order chi connectivity index (χ1) is 9.10. The van der Waals surface area contributed by atoms with Crippen molar-refractivity contribution in [1.82, 2.24) is 5.32 Å². The topological polar surface area (TPSA) is 46.2 Å². The third-order valence-electron chi connectivity index (χ3n) is 4.43. The maximum Gasteiger partial charge on any atom is 0.391 e. The van der Waals surface area contributed by atoms with Crippen LogP contribution in [0.5, 0.6) is 0 Å². The predicted molar refractivity (Wildman–Crippen MR) is 71.2 cm³/mol. The highest BCUT2D eigenvalue weighted by Crippen LogP contribution is 2.46. The Labute approximate surface area is 118 Å². The Bertz CT molecular complexity index is 443. The smallest absolute Gasteiger partial charge is 0.313 e. The van der Waals surface area contributed by atoms with E-state index in [0.29, 0.717) is 13.0 Å². The molecule has 0 heterocycles. The first-order valence-electron chi connectivity index (χ1n) is 7.08. The normalized spacial score (nSPS) is 30.2. The van der Waals surface area contributed by atoms with Gasteiger partial charge in [-0.05, 0) is 37.5 Å². The van der Waals surface area contributed by atoms with Crippen LogP contribution in [0.3, 0.4) is 0 Å². The molecule has 1 N–H and O–H groups in total. The fourth-order valence-electron chi connectivity index (χ4n) is 3.14. The summed E-state index contributed by atoms with van der Waals surface area (Å²) < 4.78 is 60.8. The van der Waals surface area contributed by atoms with Crippen molar-refractivity contribution in [2.75, 3.05) is 18.6 Å². The number of hydrogen-bond donors (Lipinski definition) is 1. The Kier molecular flexibility index (Phi) is 4.40. The van der Waals surface area contributed by atoms with E-state index in [1.54, 1.807) is 0 Å². The molecule has 0 radical (unpaired) electrons. The Balaban J connectivity index is 1.82. The highest BCUT2D eigenvalue weighted by atomic mass is 32.2. The Hall–Kier alpha value is -0.300. The third kappa shape index (κ3) is 4.62. The lowest BCUT2D eigenvalue weighted by Crippen LogP contribution is -2.42. The zero-order valence-corrected chi connectivity index (χ0v) is 12.5. The van der Waals surface area contributed by atoms with Crippen molar-refractivity contribution >= 4 is 9.84 Å². The summed E-state index contributed by atoms with van der Waals surface area (Å²) in [5, 5.41) is 3.18. The predicted octanol–water partition coefficient (Wildman–Crippen LogP) is 2.52.